The molecule has 3 rings (SSSR count). The lowest BCUT2D eigenvalue weighted by molar-refractivity contribution is -0.142. The van der Waals surface area contributed by atoms with Gasteiger partial charge in [0.2, 0.25) is 5.91 Å². The molecule has 30 heavy (non-hydrogen) atoms. The third kappa shape index (κ3) is 4.51. The Kier molecular flexibility index (Phi) is 5.92. The van der Waals surface area contributed by atoms with Crippen molar-refractivity contribution in [3.63, 3.8) is 0 Å². The molecule has 2 aromatic heterocycles. The molecule has 0 fully saturated rings. The van der Waals surface area contributed by atoms with Gasteiger partial charge in [-0.15, -0.1) is 0 Å². The van der Waals surface area contributed by atoms with Crippen LogP contribution in [-0.2, 0) is 17.6 Å². The van der Waals surface area contributed by atoms with Gasteiger partial charge >= 0.3 is 6.18 Å². The number of nitrogens with two attached hydrogens (primary N) is 1. The first-order valence-electron chi connectivity index (χ1n) is 8.57. The van der Waals surface area contributed by atoms with Crippen molar-refractivity contribution < 1.29 is 37.0 Å². The van der Waals surface area contributed by atoms with Crippen molar-refractivity contribution in [3.05, 3.63) is 59.6 Å². The van der Waals surface area contributed by atoms with E-state index in [-0.39, 0.29) is 16.9 Å². The number of alkyl halides is 3. The molecule has 2 amide bonds. The quantitative estimate of drug-likeness (QED) is 0.533. The Labute approximate surface area is 167 Å². The number of benzene rings is 1. The molecule has 4 N–H and O–H groups in total. The molecular formula is C19H16F3N3O5. The second kappa shape index (κ2) is 8.41. The standard InChI is InChI=1S/C19H16F3N3O5/c20-19(21,22)16-10(2-1-5-24-16)8-29-11-3-4-15-12(6-11)13(9-30-15)18(28)25-14(7-26)17(23)27/h1-6,9,14,26H,7-8H2,(H2,23,27)(H,25,28)/t14-/m0/s1. The molecule has 8 nitrogen and oxygen atoms in total. The lowest BCUT2D eigenvalue weighted by atomic mass is 10.1. The molecule has 0 spiro atoms. The van der Waals surface area contributed by atoms with Crippen LogP contribution in [0.25, 0.3) is 11.0 Å². The van der Waals surface area contributed by atoms with Crippen LogP contribution in [0.5, 0.6) is 5.75 Å². The average molecular weight is 423 g/mol. The van der Waals surface area contributed by atoms with Crippen LogP contribution < -0.4 is 15.8 Å². The Morgan fingerprint density at radius 3 is 2.73 bits per heavy atom. The van der Waals surface area contributed by atoms with Crippen LogP contribution in [0.3, 0.4) is 0 Å². The summed E-state index contributed by atoms with van der Waals surface area (Å²) in [6, 6.07) is 5.70. The van der Waals surface area contributed by atoms with Crippen molar-refractivity contribution >= 4 is 22.8 Å². The summed E-state index contributed by atoms with van der Waals surface area (Å²) in [7, 11) is 0. The maximum Gasteiger partial charge on any atom is 0.433 e. The van der Waals surface area contributed by atoms with Gasteiger partial charge in [-0.1, -0.05) is 6.07 Å². The Morgan fingerprint density at radius 1 is 1.30 bits per heavy atom. The summed E-state index contributed by atoms with van der Waals surface area (Å²) in [5.41, 5.74) is 4.23. The first kappa shape index (κ1) is 21.1. The molecule has 0 saturated heterocycles. The fourth-order valence-corrected chi connectivity index (χ4v) is 2.69. The molecule has 11 heteroatoms. The summed E-state index contributed by atoms with van der Waals surface area (Å²) < 4.78 is 49.9. The number of aromatic nitrogens is 1. The maximum absolute atomic E-state index is 13.0. The topological polar surface area (TPSA) is 128 Å². The minimum atomic E-state index is -4.62. The Bertz CT molecular complexity index is 1080. The van der Waals surface area contributed by atoms with Crippen LogP contribution in [0.1, 0.15) is 21.6 Å². The highest BCUT2D eigenvalue weighted by Gasteiger charge is 2.35. The number of rotatable bonds is 7. The number of carbonyl (C=O) groups is 2. The number of aliphatic hydroxyl groups excluding tert-OH is 1. The van der Waals surface area contributed by atoms with Crippen LogP contribution in [0.2, 0.25) is 0 Å². The van der Waals surface area contributed by atoms with Crippen LogP contribution in [-0.4, -0.2) is 34.6 Å². The number of ether oxygens (including phenoxy) is 1. The van der Waals surface area contributed by atoms with Gasteiger partial charge in [0.05, 0.1) is 12.2 Å². The number of halogens is 3. The van der Waals surface area contributed by atoms with Crippen molar-refractivity contribution in [2.24, 2.45) is 5.73 Å². The number of pyridine rings is 1. The zero-order valence-corrected chi connectivity index (χ0v) is 15.3. The summed E-state index contributed by atoms with van der Waals surface area (Å²) in [4.78, 5) is 26.9. The first-order chi connectivity index (χ1) is 14.2. The van der Waals surface area contributed by atoms with Gasteiger partial charge in [-0.2, -0.15) is 13.2 Å². The Balaban J connectivity index is 1.82. The van der Waals surface area contributed by atoms with E-state index in [0.717, 1.165) is 12.5 Å². The summed E-state index contributed by atoms with van der Waals surface area (Å²) in [6.45, 7) is -1.08. The minimum absolute atomic E-state index is 0.0347. The number of nitrogens with one attached hydrogen (secondary N) is 1. The van der Waals surface area contributed by atoms with Gasteiger partial charge in [-0.05, 0) is 24.3 Å². The molecule has 0 radical (unpaired) electrons. The lowest BCUT2D eigenvalue weighted by Crippen LogP contribution is -2.46. The van der Waals surface area contributed by atoms with Gasteiger partial charge in [0.25, 0.3) is 5.91 Å². The fraction of sp³-hybridized carbons (Fsp3) is 0.211. The largest absolute Gasteiger partial charge is 0.489 e. The number of primary amides is 1. The van der Waals surface area contributed by atoms with E-state index in [2.05, 4.69) is 10.3 Å². The van der Waals surface area contributed by atoms with Crippen LogP contribution in [0.15, 0.2) is 47.2 Å². The monoisotopic (exact) mass is 423 g/mol. The molecular weight excluding hydrogens is 407 g/mol. The highest BCUT2D eigenvalue weighted by atomic mass is 19.4. The number of fused-ring (bicyclic) bond motifs is 1. The zero-order chi connectivity index (χ0) is 21.9. The van der Waals surface area contributed by atoms with E-state index in [4.69, 9.17) is 20.0 Å². The van der Waals surface area contributed by atoms with Crippen molar-refractivity contribution in [3.8, 4) is 5.75 Å². The van der Waals surface area contributed by atoms with E-state index in [9.17, 15) is 22.8 Å². The summed E-state index contributed by atoms with van der Waals surface area (Å²) in [6.07, 6.45) is -2.44. The zero-order valence-electron chi connectivity index (χ0n) is 15.3. The van der Waals surface area contributed by atoms with Crippen molar-refractivity contribution in [1.29, 1.82) is 0 Å². The van der Waals surface area contributed by atoms with E-state index in [1.54, 1.807) is 0 Å². The predicted octanol–water partition coefficient (Wildman–Crippen LogP) is 2.00. The highest BCUT2D eigenvalue weighted by molar-refractivity contribution is 6.07. The molecule has 3 aromatic rings. The smallest absolute Gasteiger partial charge is 0.433 e. The van der Waals surface area contributed by atoms with Gasteiger partial charge in [-0.3, -0.25) is 14.6 Å². The molecule has 0 unspecified atom stereocenters. The number of aliphatic hydroxyl groups is 1. The summed E-state index contributed by atoms with van der Waals surface area (Å²) in [5, 5.41) is 11.7. The maximum atomic E-state index is 13.0. The van der Waals surface area contributed by atoms with E-state index in [1.807, 2.05) is 0 Å². The number of carbonyl (C=O) groups excluding carboxylic acids is 2. The Hall–Kier alpha value is -3.60. The molecule has 1 atom stereocenters. The van der Waals surface area contributed by atoms with Gasteiger partial charge in [0.1, 0.15) is 30.2 Å². The number of nitrogens with zero attached hydrogens (tertiary/aromatic N) is 1. The van der Waals surface area contributed by atoms with E-state index in [0.29, 0.717) is 11.0 Å². The highest BCUT2D eigenvalue weighted by Crippen LogP contribution is 2.31. The van der Waals surface area contributed by atoms with E-state index in [1.165, 1.54) is 30.3 Å². The normalized spacial score (nSPS) is 12.5. The molecule has 0 bridgehead atoms. The molecule has 0 saturated carbocycles. The number of amides is 2. The van der Waals surface area contributed by atoms with Crippen molar-refractivity contribution in [2.75, 3.05) is 6.61 Å². The first-order valence-corrected chi connectivity index (χ1v) is 8.57. The van der Waals surface area contributed by atoms with Gasteiger partial charge < -0.3 is 25.3 Å². The van der Waals surface area contributed by atoms with E-state index < -0.39 is 42.9 Å². The molecule has 158 valence electrons. The Morgan fingerprint density at radius 2 is 2.07 bits per heavy atom. The molecule has 0 aliphatic rings. The third-order valence-corrected chi connectivity index (χ3v) is 4.18. The second-order valence-corrected chi connectivity index (χ2v) is 6.22. The number of furan rings is 1. The molecule has 0 aliphatic carbocycles. The minimum Gasteiger partial charge on any atom is -0.489 e. The van der Waals surface area contributed by atoms with Gasteiger partial charge in [0.15, 0.2) is 5.69 Å². The average Bonchev–Trinajstić information content (AvgIpc) is 3.13. The molecule has 1 aromatic carbocycles. The summed E-state index contributed by atoms with van der Waals surface area (Å²) >= 11 is 0. The SMILES string of the molecule is NC(=O)[C@H](CO)NC(=O)c1coc2ccc(OCc3cccnc3C(F)(F)F)cc12. The third-order valence-electron chi connectivity index (χ3n) is 4.18. The predicted molar refractivity (Wildman–Crippen MR) is 97.3 cm³/mol. The van der Waals surface area contributed by atoms with Gasteiger partial charge in [-0.25, -0.2) is 0 Å². The lowest BCUT2D eigenvalue weighted by Gasteiger charge is -2.13. The van der Waals surface area contributed by atoms with Crippen LogP contribution >= 0.6 is 0 Å². The number of hydrogen-bond donors (Lipinski definition) is 3. The van der Waals surface area contributed by atoms with Crippen LogP contribution in [0, 0.1) is 0 Å². The van der Waals surface area contributed by atoms with Gasteiger partial charge in [0, 0.05) is 17.1 Å². The fourth-order valence-electron chi connectivity index (χ4n) is 2.69. The molecule has 2 heterocycles. The molecule has 0 aliphatic heterocycles. The second-order valence-electron chi connectivity index (χ2n) is 6.22. The summed E-state index contributed by atoms with van der Waals surface area (Å²) in [5.74, 6) is -1.46. The van der Waals surface area contributed by atoms with E-state index >= 15 is 0 Å². The van der Waals surface area contributed by atoms with Crippen LogP contribution in [0.4, 0.5) is 13.2 Å². The van der Waals surface area contributed by atoms with Crippen molar-refractivity contribution in [2.45, 2.75) is 18.8 Å². The van der Waals surface area contributed by atoms with Crippen molar-refractivity contribution in [1.82, 2.24) is 10.3 Å². The number of hydrogen-bond acceptors (Lipinski definition) is 6.